The van der Waals surface area contributed by atoms with Crippen molar-refractivity contribution in [2.24, 2.45) is 5.73 Å². The lowest BCUT2D eigenvalue weighted by atomic mass is 10.1. The molecule has 0 saturated heterocycles. The Balaban J connectivity index is 2.54. The summed E-state index contributed by atoms with van der Waals surface area (Å²) in [5, 5.41) is 0.629. The minimum absolute atomic E-state index is 0.153. The molecule has 1 aromatic carbocycles. The van der Waals surface area contributed by atoms with Gasteiger partial charge in [-0.25, -0.2) is 0 Å². The van der Waals surface area contributed by atoms with E-state index in [9.17, 15) is 4.79 Å². The number of carbonyl (C=O) groups excluding carboxylic acids is 1. The van der Waals surface area contributed by atoms with Crippen molar-refractivity contribution in [3.05, 3.63) is 28.8 Å². The summed E-state index contributed by atoms with van der Waals surface area (Å²) in [5.41, 5.74) is 6.71. The molecular formula is C13H18ClNO3. The largest absolute Gasteiger partial charge is 0.493 e. The van der Waals surface area contributed by atoms with Crippen LogP contribution >= 0.6 is 11.6 Å². The Morgan fingerprint density at radius 1 is 1.50 bits per heavy atom. The van der Waals surface area contributed by atoms with Crippen LogP contribution < -0.4 is 10.5 Å². The van der Waals surface area contributed by atoms with E-state index in [4.69, 9.17) is 22.1 Å². The molecule has 0 fully saturated rings. The van der Waals surface area contributed by atoms with Crippen LogP contribution in [-0.4, -0.2) is 19.7 Å². The number of halogens is 1. The minimum Gasteiger partial charge on any atom is -0.493 e. The quantitative estimate of drug-likeness (QED) is 0.638. The zero-order valence-electron chi connectivity index (χ0n) is 10.6. The molecule has 0 amide bonds. The fourth-order valence-electron chi connectivity index (χ4n) is 1.51. The third kappa shape index (κ3) is 4.55. The molecule has 0 bridgehead atoms. The molecule has 4 nitrogen and oxygen atoms in total. The average molecular weight is 272 g/mol. The first kappa shape index (κ1) is 14.8. The Morgan fingerprint density at radius 2 is 2.22 bits per heavy atom. The van der Waals surface area contributed by atoms with Crippen LogP contribution in [0.15, 0.2) is 18.2 Å². The lowest BCUT2D eigenvalue weighted by molar-refractivity contribution is -0.140. The molecule has 0 aliphatic heterocycles. The van der Waals surface area contributed by atoms with Crippen molar-refractivity contribution in [2.45, 2.75) is 25.8 Å². The maximum absolute atomic E-state index is 10.9. The first-order chi connectivity index (χ1) is 8.54. The number of esters is 1. The first-order valence-corrected chi connectivity index (χ1v) is 6.17. The number of hydrogen-bond donors (Lipinski definition) is 1. The van der Waals surface area contributed by atoms with Crippen LogP contribution in [0.3, 0.4) is 0 Å². The van der Waals surface area contributed by atoms with E-state index in [-0.39, 0.29) is 12.0 Å². The van der Waals surface area contributed by atoms with Crippen molar-refractivity contribution in [3.63, 3.8) is 0 Å². The minimum atomic E-state index is -0.234. The number of benzene rings is 1. The van der Waals surface area contributed by atoms with Crippen LogP contribution in [0.25, 0.3) is 0 Å². The van der Waals surface area contributed by atoms with Gasteiger partial charge in [0.25, 0.3) is 0 Å². The number of hydrogen-bond acceptors (Lipinski definition) is 4. The molecule has 0 unspecified atom stereocenters. The molecular weight excluding hydrogens is 254 g/mol. The van der Waals surface area contributed by atoms with Crippen LogP contribution in [-0.2, 0) is 9.53 Å². The normalized spacial score (nSPS) is 12.0. The summed E-state index contributed by atoms with van der Waals surface area (Å²) in [7, 11) is 1.37. The summed E-state index contributed by atoms with van der Waals surface area (Å²) in [4.78, 5) is 10.9. The van der Waals surface area contributed by atoms with E-state index in [1.165, 1.54) is 7.11 Å². The van der Waals surface area contributed by atoms with E-state index >= 15 is 0 Å². The van der Waals surface area contributed by atoms with Gasteiger partial charge in [0.2, 0.25) is 0 Å². The van der Waals surface area contributed by atoms with Crippen LogP contribution in [0.2, 0.25) is 5.02 Å². The third-order valence-corrected chi connectivity index (χ3v) is 2.71. The Bertz CT molecular complexity index is 407. The molecule has 0 saturated carbocycles. The molecule has 0 aliphatic carbocycles. The van der Waals surface area contributed by atoms with E-state index in [1.54, 1.807) is 18.2 Å². The average Bonchev–Trinajstić information content (AvgIpc) is 2.35. The summed E-state index contributed by atoms with van der Waals surface area (Å²) in [6, 6.07) is 5.18. The molecule has 1 rings (SSSR count). The van der Waals surface area contributed by atoms with Crippen molar-refractivity contribution in [1.29, 1.82) is 0 Å². The second kappa shape index (κ2) is 7.24. The molecule has 0 aromatic heterocycles. The molecule has 0 radical (unpaired) electrons. The number of methoxy groups -OCH3 is 1. The van der Waals surface area contributed by atoms with Crippen LogP contribution in [0.4, 0.5) is 0 Å². The van der Waals surface area contributed by atoms with Crippen molar-refractivity contribution in [1.82, 2.24) is 0 Å². The second-order valence-electron chi connectivity index (χ2n) is 4.00. The van der Waals surface area contributed by atoms with Gasteiger partial charge in [0, 0.05) is 23.0 Å². The van der Waals surface area contributed by atoms with Gasteiger partial charge in [-0.2, -0.15) is 0 Å². The SMILES string of the molecule is COC(=O)CCCOc1ccc(Cl)cc1[C@H](C)N. The lowest BCUT2D eigenvalue weighted by Crippen LogP contribution is -2.09. The van der Waals surface area contributed by atoms with Crippen molar-refractivity contribution in [2.75, 3.05) is 13.7 Å². The smallest absolute Gasteiger partial charge is 0.305 e. The van der Waals surface area contributed by atoms with Gasteiger partial charge in [0.1, 0.15) is 5.75 Å². The van der Waals surface area contributed by atoms with E-state index in [1.807, 2.05) is 6.92 Å². The number of nitrogens with two attached hydrogens (primary N) is 1. The lowest BCUT2D eigenvalue weighted by Gasteiger charge is -2.14. The topological polar surface area (TPSA) is 61.5 Å². The Morgan fingerprint density at radius 3 is 2.83 bits per heavy atom. The van der Waals surface area contributed by atoms with E-state index in [0.29, 0.717) is 30.2 Å². The fraction of sp³-hybridized carbons (Fsp3) is 0.462. The van der Waals surface area contributed by atoms with Crippen LogP contribution in [0, 0.1) is 0 Å². The van der Waals surface area contributed by atoms with Gasteiger partial charge in [-0.05, 0) is 31.5 Å². The Kier molecular flexibility index (Phi) is 5.95. The van der Waals surface area contributed by atoms with Gasteiger partial charge in [0.15, 0.2) is 0 Å². The molecule has 0 spiro atoms. The summed E-state index contributed by atoms with van der Waals surface area (Å²) in [6.45, 7) is 2.31. The van der Waals surface area contributed by atoms with Gasteiger partial charge in [-0.1, -0.05) is 11.6 Å². The maximum Gasteiger partial charge on any atom is 0.305 e. The Labute approximate surface area is 112 Å². The standard InChI is InChI=1S/C13H18ClNO3/c1-9(15)11-8-10(14)5-6-12(11)18-7-3-4-13(16)17-2/h5-6,8-9H,3-4,7,15H2,1-2H3/t9-/m0/s1. The molecule has 1 aromatic rings. The predicted molar refractivity (Wildman–Crippen MR) is 70.8 cm³/mol. The van der Waals surface area contributed by atoms with E-state index < -0.39 is 0 Å². The number of carbonyl (C=O) groups is 1. The monoisotopic (exact) mass is 271 g/mol. The van der Waals surface area contributed by atoms with Crippen LogP contribution in [0.1, 0.15) is 31.4 Å². The molecule has 2 N–H and O–H groups in total. The second-order valence-corrected chi connectivity index (χ2v) is 4.44. The van der Waals surface area contributed by atoms with Gasteiger partial charge in [0.05, 0.1) is 13.7 Å². The highest BCUT2D eigenvalue weighted by atomic mass is 35.5. The molecule has 0 heterocycles. The first-order valence-electron chi connectivity index (χ1n) is 5.79. The molecule has 1 atom stereocenters. The van der Waals surface area contributed by atoms with Crippen molar-refractivity contribution >= 4 is 17.6 Å². The zero-order valence-corrected chi connectivity index (χ0v) is 11.4. The highest BCUT2D eigenvalue weighted by Crippen LogP contribution is 2.27. The van der Waals surface area contributed by atoms with E-state index in [0.717, 1.165) is 5.56 Å². The van der Waals surface area contributed by atoms with Crippen molar-refractivity contribution in [3.8, 4) is 5.75 Å². The zero-order chi connectivity index (χ0) is 13.5. The fourth-order valence-corrected chi connectivity index (χ4v) is 1.69. The summed E-state index contributed by atoms with van der Waals surface area (Å²) in [5.74, 6) is 0.474. The molecule has 100 valence electrons. The number of ether oxygens (including phenoxy) is 2. The molecule has 0 aliphatic rings. The summed E-state index contributed by atoms with van der Waals surface area (Å²) >= 11 is 5.91. The molecule has 5 heteroatoms. The maximum atomic E-state index is 10.9. The van der Waals surface area contributed by atoms with Crippen molar-refractivity contribution < 1.29 is 14.3 Å². The predicted octanol–water partition coefficient (Wildman–Crippen LogP) is 2.69. The third-order valence-electron chi connectivity index (χ3n) is 2.47. The molecule has 18 heavy (non-hydrogen) atoms. The van der Waals surface area contributed by atoms with Gasteiger partial charge < -0.3 is 15.2 Å². The summed E-state index contributed by atoms with van der Waals surface area (Å²) in [6.07, 6.45) is 0.950. The summed E-state index contributed by atoms with van der Waals surface area (Å²) < 4.78 is 10.2. The Hall–Kier alpha value is -1.26. The highest BCUT2D eigenvalue weighted by Gasteiger charge is 2.09. The van der Waals surface area contributed by atoms with Gasteiger partial charge >= 0.3 is 5.97 Å². The van der Waals surface area contributed by atoms with E-state index in [2.05, 4.69) is 4.74 Å². The van der Waals surface area contributed by atoms with Gasteiger partial charge in [-0.3, -0.25) is 4.79 Å². The number of rotatable bonds is 6. The van der Waals surface area contributed by atoms with Gasteiger partial charge in [-0.15, -0.1) is 0 Å². The van der Waals surface area contributed by atoms with Crippen LogP contribution in [0.5, 0.6) is 5.75 Å². The highest BCUT2D eigenvalue weighted by molar-refractivity contribution is 6.30.